The first-order chi connectivity index (χ1) is 7.24. The van der Waals surface area contributed by atoms with Crippen LogP contribution in [0.4, 0.5) is 0 Å². The lowest BCUT2D eigenvalue weighted by atomic mass is 10.2. The van der Waals surface area contributed by atoms with Gasteiger partial charge in [0.15, 0.2) is 0 Å². The first kappa shape index (κ1) is 11.8. The maximum Gasteiger partial charge on any atom is 0.251 e. The van der Waals surface area contributed by atoms with Crippen molar-refractivity contribution < 1.29 is 4.79 Å². The van der Waals surface area contributed by atoms with Crippen LogP contribution in [-0.2, 0) is 0 Å². The van der Waals surface area contributed by atoms with Crippen molar-refractivity contribution >= 4 is 21.8 Å². The van der Waals surface area contributed by atoms with Gasteiger partial charge < -0.3 is 5.32 Å². The van der Waals surface area contributed by atoms with Gasteiger partial charge in [0, 0.05) is 23.0 Å². The van der Waals surface area contributed by atoms with E-state index in [0.717, 1.165) is 10.9 Å². The molecule has 0 fully saturated rings. The van der Waals surface area contributed by atoms with Crippen molar-refractivity contribution in [3.63, 3.8) is 0 Å². The van der Waals surface area contributed by atoms with Crippen LogP contribution >= 0.6 is 15.9 Å². The Labute approximate surface area is 98.2 Å². The number of rotatable bonds is 4. The van der Waals surface area contributed by atoms with Crippen LogP contribution in [0.25, 0.3) is 0 Å². The first-order valence-corrected chi connectivity index (χ1v) is 5.50. The van der Waals surface area contributed by atoms with Gasteiger partial charge >= 0.3 is 0 Å². The molecule has 1 N–H and O–H groups in total. The molecule has 0 heterocycles. The molecular weight excluding hydrogens is 254 g/mol. The van der Waals surface area contributed by atoms with Crippen LogP contribution in [0.1, 0.15) is 23.2 Å². The highest BCUT2D eigenvalue weighted by Gasteiger charge is 2.03. The number of carbonyl (C=O) groups is 1. The summed E-state index contributed by atoms with van der Waals surface area (Å²) in [5.41, 5.74) is 0.657. The number of terminal acetylenes is 1. The molecule has 0 unspecified atom stereocenters. The molecule has 0 saturated carbocycles. The SMILES string of the molecule is C#CCCCNC(=O)c1cccc(Br)c1. The Morgan fingerprint density at radius 2 is 2.33 bits per heavy atom. The fourth-order valence-electron chi connectivity index (χ4n) is 1.12. The molecule has 0 aliphatic carbocycles. The lowest BCUT2D eigenvalue weighted by Crippen LogP contribution is -2.24. The molecule has 15 heavy (non-hydrogen) atoms. The number of hydrogen-bond acceptors (Lipinski definition) is 1. The molecule has 0 aromatic heterocycles. The summed E-state index contributed by atoms with van der Waals surface area (Å²) < 4.78 is 0.902. The van der Waals surface area contributed by atoms with Crippen molar-refractivity contribution in [2.75, 3.05) is 6.54 Å². The third-order valence-corrected chi connectivity index (χ3v) is 2.36. The first-order valence-electron chi connectivity index (χ1n) is 4.71. The lowest BCUT2D eigenvalue weighted by molar-refractivity contribution is 0.0953. The highest BCUT2D eigenvalue weighted by Crippen LogP contribution is 2.11. The summed E-state index contributed by atoms with van der Waals surface area (Å²) in [4.78, 5) is 11.6. The summed E-state index contributed by atoms with van der Waals surface area (Å²) in [5.74, 6) is 2.47. The number of hydrogen-bond donors (Lipinski definition) is 1. The van der Waals surface area contributed by atoms with E-state index in [-0.39, 0.29) is 5.91 Å². The third-order valence-electron chi connectivity index (χ3n) is 1.87. The standard InChI is InChI=1S/C12H12BrNO/c1-2-3-4-8-14-12(15)10-6-5-7-11(13)9-10/h1,5-7,9H,3-4,8H2,(H,14,15). The molecule has 0 saturated heterocycles. The van der Waals surface area contributed by atoms with Gasteiger partial charge in [-0.05, 0) is 24.6 Å². The summed E-state index contributed by atoms with van der Waals surface area (Å²) in [6, 6.07) is 7.29. The van der Waals surface area contributed by atoms with E-state index in [2.05, 4.69) is 27.2 Å². The van der Waals surface area contributed by atoms with E-state index in [1.54, 1.807) is 12.1 Å². The van der Waals surface area contributed by atoms with Crippen LogP contribution in [0.3, 0.4) is 0 Å². The van der Waals surface area contributed by atoms with Gasteiger partial charge in [-0.2, -0.15) is 0 Å². The van der Waals surface area contributed by atoms with Crippen molar-refractivity contribution in [2.24, 2.45) is 0 Å². The van der Waals surface area contributed by atoms with E-state index in [4.69, 9.17) is 6.42 Å². The van der Waals surface area contributed by atoms with Gasteiger partial charge in [-0.15, -0.1) is 12.3 Å². The molecule has 1 aromatic rings. The average Bonchev–Trinajstić information content (AvgIpc) is 2.24. The van der Waals surface area contributed by atoms with Crippen molar-refractivity contribution in [2.45, 2.75) is 12.8 Å². The second-order valence-electron chi connectivity index (χ2n) is 3.07. The van der Waals surface area contributed by atoms with Gasteiger partial charge in [0.25, 0.3) is 5.91 Å². The zero-order valence-electron chi connectivity index (χ0n) is 8.29. The Hall–Kier alpha value is -1.27. The van der Waals surface area contributed by atoms with E-state index in [1.165, 1.54) is 0 Å². The van der Waals surface area contributed by atoms with Gasteiger partial charge in [-0.3, -0.25) is 4.79 Å². The predicted molar refractivity (Wildman–Crippen MR) is 64.5 cm³/mol. The Kier molecular flexibility index (Phi) is 4.92. The molecule has 3 heteroatoms. The molecule has 2 nitrogen and oxygen atoms in total. The van der Waals surface area contributed by atoms with Crippen molar-refractivity contribution in [3.05, 3.63) is 34.3 Å². The average molecular weight is 266 g/mol. The number of benzene rings is 1. The molecule has 0 radical (unpaired) electrons. The molecule has 0 spiro atoms. The minimum atomic E-state index is -0.0617. The fraction of sp³-hybridized carbons (Fsp3) is 0.250. The molecule has 1 aromatic carbocycles. The van der Waals surface area contributed by atoms with Crippen molar-refractivity contribution in [3.8, 4) is 12.3 Å². The van der Waals surface area contributed by atoms with Crippen LogP contribution < -0.4 is 5.32 Å². The molecule has 0 atom stereocenters. The molecule has 78 valence electrons. The number of unbranched alkanes of at least 4 members (excludes halogenated alkanes) is 1. The van der Waals surface area contributed by atoms with Crippen LogP contribution in [-0.4, -0.2) is 12.5 Å². The number of nitrogens with one attached hydrogen (secondary N) is 1. The van der Waals surface area contributed by atoms with Crippen LogP contribution in [0.2, 0.25) is 0 Å². The summed E-state index contributed by atoms with van der Waals surface area (Å²) in [7, 11) is 0. The van der Waals surface area contributed by atoms with E-state index < -0.39 is 0 Å². The third kappa shape index (κ3) is 4.18. The summed E-state index contributed by atoms with van der Waals surface area (Å²) in [6.45, 7) is 0.621. The summed E-state index contributed by atoms with van der Waals surface area (Å²) >= 11 is 3.32. The Balaban J connectivity index is 2.44. The normalized spacial score (nSPS) is 9.33. The van der Waals surface area contributed by atoms with Gasteiger partial charge in [0.05, 0.1) is 0 Å². The number of halogens is 1. The maximum atomic E-state index is 11.6. The van der Waals surface area contributed by atoms with Crippen LogP contribution in [0.15, 0.2) is 28.7 Å². The van der Waals surface area contributed by atoms with Gasteiger partial charge in [-0.1, -0.05) is 22.0 Å². The molecular formula is C12H12BrNO. The van der Waals surface area contributed by atoms with Gasteiger partial charge in [0.2, 0.25) is 0 Å². The Bertz CT molecular complexity index is 381. The zero-order valence-corrected chi connectivity index (χ0v) is 9.88. The monoisotopic (exact) mass is 265 g/mol. The lowest BCUT2D eigenvalue weighted by Gasteiger charge is -2.03. The van der Waals surface area contributed by atoms with Gasteiger partial charge in [0.1, 0.15) is 0 Å². The minimum Gasteiger partial charge on any atom is -0.352 e. The number of carbonyl (C=O) groups excluding carboxylic acids is 1. The molecule has 0 aliphatic rings. The number of amides is 1. The topological polar surface area (TPSA) is 29.1 Å². The smallest absolute Gasteiger partial charge is 0.251 e. The highest BCUT2D eigenvalue weighted by atomic mass is 79.9. The van der Waals surface area contributed by atoms with Crippen LogP contribution in [0.5, 0.6) is 0 Å². The molecule has 1 rings (SSSR count). The van der Waals surface area contributed by atoms with E-state index in [1.807, 2.05) is 12.1 Å². The van der Waals surface area contributed by atoms with Crippen LogP contribution in [0, 0.1) is 12.3 Å². The minimum absolute atomic E-state index is 0.0617. The largest absolute Gasteiger partial charge is 0.352 e. The highest BCUT2D eigenvalue weighted by molar-refractivity contribution is 9.10. The second kappa shape index (κ2) is 6.26. The van der Waals surface area contributed by atoms with E-state index in [0.29, 0.717) is 18.5 Å². The van der Waals surface area contributed by atoms with Crippen molar-refractivity contribution in [1.29, 1.82) is 0 Å². The Morgan fingerprint density at radius 3 is 3.00 bits per heavy atom. The van der Waals surface area contributed by atoms with Gasteiger partial charge in [-0.25, -0.2) is 0 Å². The van der Waals surface area contributed by atoms with Crippen molar-refractivity contribution in [1.82, 2.24) is 5.32 Å². The fourth-order valence-corrected chi connectivity index (χ4v) is 1.52. The van der Waals surface area contributed by atoms with E-state index >= 15 is 0 Å². The second-order valence-corrected chi connectivity index (χ2v) is 3.99. The summed E-state index contributed by atoms with van der Waals surface area (Å²) in [5, 5.41) is 2.81. The molecule has 0 bridgehead atoms. The molecule has 0 aliphatic heterocycles. The molecule has 1 amide bonds. The Morgan fingerprint density at radius 1 is 1.53 bits per heavy atom. The predicted octanol–water partition coefficient (Wildman–Crippen LogP) is 2.59. The zero-order chi connectivity index (χ0) is 11.1. The van der Waals surface area contributed by atoms with E-state index in [9.17, 15) is 4.79 Å². The quantitative estimate of drug-likeness (QED) is 0.658. The maximum absolute atomic E-state index is 11.6. The summed E-state index contributed by atoms with van der Waals surface area (Å²) in [6.07, 6.45) is 6.62.